The summed E-state index contributed by atoms with van der Waals surface area (Å²) in [6.07, 6.45) is -0.0333. The summed E-state index contributed by atoms with van der Waals surface area (Å²) >= 11 is 2.88. The van der Waals surface area contributed by atoms with Gasteiger partial charge in [-0.3, -0.25) is 9.59 Å². The average Bonchev–Trinajstić information content (AvgIpc) is 3.35. The molecule has 0 spiro atoms. The van der Waals surface area contributed by atoms with E-state index in [1.165, 1.54) is 35.6 Å². The standard InChI is InChI=1S/C22H18FN5O2S2/c1-12-20(32-13(2)24-12)18-11-31-22(27-18)28-19(29)10-14-6-5-9-17(25-14)21(30)26-16-8-4-3-7-15(16)23/h3-9,11H,10H2,1-2H3,(H,26,30)(H,27,28,29). The summed E-state index contributed by atoms with van der Waals surface area (Å²) in [5, 5.41) is 8.56. The quantitative estimate of drug-likeness (QED) is 0.423. The highest BCUT2D eigenvalue weighted by Crippen LogP contribution is 2.32. The average molecular weight is 468 g/mol. The molecule has 0 unspecified atom stereocenters. The molecule has 0 saturated heterocycles. The number of thiazole rings is 2. The fourth-order valence-corrected chi connectivity index (χ4v) is 4.66. The lowest BCUT2D eigenvalue weighted by Crippen LogP contribution is -2.18. The van der Waals surface area contributed by atoms with Crippen LogP contribution in [0.4, 0.5) is 15.2 Å². The molecule has 0 aliphatic rings. The van der Waals surface area contributed by atoms with E-state index in [0.717, 1.165) is 21.3 Å². The Bertz CT molecular complexity index is 1300. The molecular weight excluding hydrogens is 449 g/mol. The van der Waals surface area contributed by atoms with Crippen molar-refractivity contribution in [2.45, 2.75) is 20.3 Å². The van der Waals surface area contributed by atoms with E-state index < -0.39 is 11.7 Å². The molecule has 7 nitrogen and oxygen atoms in total. The van der Waals surface area contributed by atoms with Crippen molar-refractivity contribution in [3.05, 3.63) is 75.8 Å². The van der Waals surface area contributed by atoms with E-state index in [-0.39, 0.29) is 23.7 Å². The molecule has 32 heavy (non-hydrogen) atoms. The van der Waals surface area contributed by atoms with Gasteiger partial charge in [0, 0.05) is 5.38 Å². The third kappa shape index (κ3) is 5.04. The minimum atomic E-state index is -0.558. The fraction of sp³-hybridized carbons (Fsp3) is 0.136. The highest BCUT2D eigenvalue weighted by atomic mass is 32.1. The first-order valence-corrected chi connectivity index (χ1v) is 11.3. The Morgan fingerprint density at radius 1 is 1.00 bits per heavy atom. The third-order valence-corrected chi connectivity index (χ3v) is 6.24. The Kier molecular flexibility index (Phi) is 6.33. The van der Waals surface area contributed by atoms with Gasteiger partial charge in [0.2, 0.25) is 5.91 Å². The van der Waals surface area contributed by atoms with Crippen LogP contribution in [-0.2, 0) is 11.2 Å². The van der Waals surface area contributed by atoms with Crippen LogP contribution in [0.3, 0.4) is 0 Å². The van der Waals surface area contributed by atoms with Crippen molar-refractivity contribution in [1.29, 1.82) is 0 Å². The van der Waals surface area contributed by atoms with Crippen molar-refractivity contribution in [1.82, 2.24) is 15.0 Å². The van der Waals surface area contributed by atoms with Crippen molar-refractivity contribution in [2.24, 2.45) is 0 Å². The molecule has 2 amide bonds. The van der Waals surface area contributed by atoms with Crippen molar-refractivity contribution >= 4 is 45.3 Å². The number of rotatable bonds is 6. The number of halogens is 1. The molecule has 0 aliphatic heterocycles. The summed E-state index contributed by atoms with van der Waals surface area (Å²) < 4.78 is 13.8. The highest BCUT2D eigenvalue weighted by Gasteiger charge is 2.15. The Morgan fingerprint density at radius 3 is 2.56 bits per heavy atom. The van der Waals surface area contributed by atoms with E-state index in [9.17, 15) is 14.0 Å². The maximum Gasteiger partial charge on any atom is 0.274 e. The topological polar surface area (TPSA) is 96.9 Å². The van der Waals surface area contributed by atoms with Crippen LogP contribution in [0.15, 0.2) is 47.8 Å². The Morgan fingerprint density at radius 2 is 1.81 bits per heavy atom. The number of pyridine rings is 1. The molecule has 2 N–H and O–H groups in total. The van der Waals surface area contributed by atoms with Crippen molar-refractivity contribution < 1.29 is 14.0 Å². The van der Waals surface area contributed by atoms with Crippen LogP contribution in [-0.4, -0.2) is 26.8 Å². The van der Waals surface area contributed by atoms with Gasteiger partial charge in [-0.1, -0.05) is 18.2 Å². The van der Waals surface area contributed by atoms with Gasteiger partial charge >= 0.3 is 0 Å². The highest BCUT2D eigenvalue weighted by molar-refractivity contribution is 7.16. The summed E-state index contributed by atoms with van der Waals surface area (Å²) in [6.45, 7) is 3.87. The van der Waals surface area contributed by atoms with Crippen molar-refractivity contribution in [3.63, 3.8) is 0 Å². The van der Waals surface area contributed by atoms with Gasteiger partial charge in [0.25, 0.3) is 5.91 Å². The van der Waals surface area contributed by atoms with E-state index in [2.05, 4.69) is 25.6 Å². The van der Waals surface area contributed by atoms with Gasteiger partial charge in [-0.15, -0.1) is 22.7 Å². The maximum absolute atomic E-state index is 13.8. The smallest absolute Gasteiger partial charge is 0.274 e. The Balaban J connectivity index is 1.40. The zero-order valence-electron chi connectivity index (χ0n) is 17.2. The number of aryl methyl sites for hydroxylation is 2. The minimum Gasteiger partial charge on any atom is -0.318 e. The number of anilines is 2. The number of para-hydroxylation sites is 1. The van der Waals surface area contributed by atoms with Crippen LogP contribution < -0.4 is 10.6 Å². The van der Waals surface area contributed by atoms with Gasteiger partial charge in [0.1, 0.15) is 11.5 Å². The van der Waals surface area contributed by atoms with Gasteiger partial charge in [0.15, 0.2) is 5.13 Å². The maximum atomic E-state index is 13.8. The first-order valence-electron chi connectivity index (χ1n) is 9.60. The molecule has 0 aliphatic carbocycles. The number of nitrogens with zero attached hydrogens (tertiary/aromatic N) is 3. The fourth-order valence-electron chi connectivity index (χ4n) is 2.99. The second kappa shape index (κ2) is 9.33. The summed E-state index contributed by atoms with van der Waals surface area (Å²) in [5.74, 6) is -1.40. The summed E-state index contributed by atoms with van der Waals surface area (Å²) in [4.78, 5) is 39.0. The summed E-state index contributed by atoms with van der Waals surface area (Å²) in [5.41, 5.74) is 2.25. The van der Waals surface area contributed by atoms with Gasteiger partial charge in [-0.2, -0.15) is 0 Å². The first-order chi connectivity index (χ1) is 15.4. The molecule has 0 saturated carbocycles. The number of aromatic nitrogens is 3. The predicted octanol–water partition coefficient (Wildman–Crippen LogP) is 4.85. The van der Waals surface area contributed by atoms with Gasteiger partial charge < -0.3 is 10.6 Å². The number of hydrogen-bond acceptors (Lipinski definition) is 7. The number of benzene rings is 1. The largest absolute Gasteiger partial charge is 0.318 e. The molecule has 162 valence electrons. The molecule has 10 heteroatoms. The first kappa shape index (κ1) is 21.7. The van der Waals surface area contributed by atoms with Crippen LogP contribution in [0.25, 0.3) is 10.6 Å². The lowest BCUT2D eigenvalue weighted by molar-refractivity contribution is -0.115. The van der Waals surface area contributed by atoms with E-state index in [1.807, 2.05) is 19.2 Å². The molecule has 0 fully saturated rings. The van der Waals surface area contributed by atoms with Crippen molar-refractivity contribution in [3.8, 4) is 10.6 Å². The number of amides is 2. The molecule has 0 bridgehead atoms. The predicted molar refractivity (Wildman–Crippen MR) is 124 cm³/mol. The van der Waals surface area contributed by atoms with Gasteiger partial charge in [-0.25, -0.2) is 19.3 Å². The zero-order chi connectivity index (χ0) is 22.7. The SMILES string of the molecule is Cc1nc(C)c(-c2csc(NC(=O)Cc3cccc(C(=O)Nc4ccccc4F)n3)n2)s1. The van der Waals surface area contributed by atoms with Crippen LogP contribution in [0.1, 0.15) is 26.9 Å². The molecular formula is C22H18FN5O2S2. The van der Waals surface area contributed by atoms with Crippen LogP contribution >= 0.6 is 22.7 Å². The molecule has 4 aromatic rings. The van der Waals surface area contributed by atoms with E-state index >= 15 is 0 Å². The van der Waals surface area contributed by atoms with E-state index in [4.69, 9.17) is 0 Å². The van der Waals surface area contributed by atoms with Gasteiger partial charge in [-0.05, 0) is 38.1 Å². The summed E-state index contributed by atoms with van der Waals surface area (Å²) in [7, 11) is 0. The minimum absolute atomic E-state index is 0.0333. The van der Waals surface area contributed by atoms with E-state index in [1.54, 1.807) is 29.5 Å². The summed E-state index contributed by atoms with van der Waals surface area (Å²) in [6, 6.07) is 10.7. The lowest BCUT2D eigenvalue weighted by Gasteiger charge is -2.07. The second-order valence-electron chi connectivity index (χ2n) is 6.86. The Labute approximate surface area is 191 Å². The van der Waals surface area contributed by atoms with Crippen LogP contribution in [0.5, 0.6) is 0 Å². The lowest BCUT2D eigenvalue weighted by atomic mass is 10.2. The third-order valence-electron chi connectivity index (χ3n) is 4.39. The number of hydrogen-bond donors (Lipinski definition) is 2. The zero-order valence-corrected chi connectivity index (χ0v) is 18.8. The molecule has 0 atom stereocenters. The molecule has 1 aromatic carbocycles. The molecule has 3 aromatic heterocycles. The monoisotopic (exact) mass is 467 g/mol. The Hall–Kier alpha value is -3.50. The normalized spacial score (nSPS) is 10.7. The molecule has 0 radical (unpaired) electrons. The van der Waals surface area contributed by atoms with Gasteiger partial charge in [0.05, 0.1) is 39.1 Å². The van der Waals surface area contributed by atoms with Crippen LogP contribution in [0.2, 0.25) is 0 Å². The number of nitrogens with one attached hydrogen (secondary N) is 2. The molecule has 3 heterocycles. The number of carbonyl (C=O) groups excluding carboxylic acids is 2. The van der Waals surface area contributed by atoms with E-state index in [0.29, 0.717) is 10.8 Å². The number of carbonyl (C=O) groups is 2. The second-order valence-corrected chi connectivity index (χ2v) is 8.92. The van der Waals surface area contributed by atoms with Crippen LogP contribution in [0, 0.1) is 19.7 Å². The molecule has 4 rings (SSSR count). The van der Waals surface area contributed by atoms with Crippen molar-refractivity contribution in [2.75, 3.05) is 10.6 Å².